The van der Waals surface area contributed by atoms with E-state index in [1.165, 1.54) is 16.7 Å². The van der Waals surface area contributed by atoms with Crippen molar-refractivity contribution in [1.82, 2.24) is 4.90 Å². The zero-order valence-corrected chi connectivity index (χ0v) is 22.9. The Hall–Kier alpha value is -3.25. The summed E-state index contributed by atoms with van der Waals surface area (Å²) in [5, 5.41) is 13.4. The quantitative estimate of drug-likeness (QED) is 0.250. The van der Waals surface area contributed by atoms with Gasteiger partial charge in [-0.3, -0.25) is 0 Å². The molecule has 0 amide bonds. The van der Waals surface area contributed by atoms with Crippen LogP contribution in [0.3, 0.4) is 0 Å². The van der Waals surface area contributed by atoms with Gasteiger partial charge in [0.15, 0.2) is 11.6 Å². The van der Waals surface area contributed by atoms with Crippen LogP contribution in [0.25, 0.3) is 0 Å². The predicted molar refractivity (Wildman–Crippen MR) is 152 cm³/mol. The van der Waals surface area contributed by atoms with Gasteiger partial charge in [0.05, 0.1) is 7.11 Å². The highest BCUT2D eigenvalue weighted by Gasteiger charge is 2.23. The van der Waals surface area contributed by atoms with E-state index < -0.39 is 0 Å². The molecule has 0 aromatic heterocycles. The van der Waals surface area contributed by atoms with Crippen LogP contribution in [0.5, 0.6) is 17.2 Å². The number of methoxy groups -OCH3 is 1. The Morgan fingerprint density at radius 1 is 1.03 bits per heavy atom. The van der Waals surface area contributed by atoms with E-state index in [0.717, 1.165) is 75.3 Å². The Bertz CT molecular complexity index is 1200. The number of likely N-dealkylation sites (N-methyl/N-ethyl adjacent to an activating group) is 1. The maximum Gasteiger partial charge on any atom is 0.165 e. The SMILES string of the molecule is CCN(CC)CCOc1ccc(CCCNc2cc(OC)ccc2[C@@H]2CCc3cc(O)ccc3C2)cc1F. The molecule has 0 radical (unpaired) electrons. The molecule has 0 fully saturated rings. The first-order valence-corrected chi connectivity index (χ1v) is 13.9. The summed E-state index contributed by atoms with van der Waals surface area (Å²) in [6.45, 7) is 8.22. The summed E-state index contributed by atoms with van der Waals surface area (Å²) in [7, 11) is 1.69. The monoisotopic (exact) mass is 520 g/mol. The van der Waals surface area contributed by atoms with Crippen molar-refractivity contribution in [3.05, 3.63) is 82.7 Å². The third kappa shape index (κ3) is 7.19. The molecule has 0 spiro atoms. The summed E-state index contributed by atoms with van der Waals surface area (Å²) in [6, 6.07) is 17.3. The van der Waals surface area contributed by atoms with Gasteiger partial charge in [0, 0.05) is 24.8 Å². The van der Waals surface area contributed by atoms with E-state index in [-0.39, 0.29) is 5.82 Å². The van der Waals surface area contributed by atoms with Crippen LogP contribution in [0.15, 0.2) is 54.6 Å². The molecule has 38 heavy (non-hydrogen) atoms. The number of anilines is 1. The Morgan fingerprint density at radius 2 is 1.87 bits per heavy atom. The van der Waals surface area contributed by atoms with Crippen molar-refractivity contribution in [3.8, 4) is 17.2 Å². The lowest BCUT2D eigenvalue weighted by molar-refractivity contribution is 0.217. The molecule has 3 aromatic rings. The van der Waals surface area contributed by atoms with Crippen LogP contribution in [-0.2, 0) is 19.3 Å². The van der Waals surface area contributed by atoms with Gasteiger partial charge in [-0.2, -0.15) is 0 Å². The summed E-state index contributed by atoms with van der Waals surface area (Å²) >= 11 is 0. The van der Waals surface area contributed by atoms with Crippen molar-refractivity contribution < 1.29 is 19.0 Å². The fourth-order valence-corrected chi connectivity index (χ4v) is 5.34. The van der Waals surface area contributed by atoms with Gasteiger partial charge >= 0.3 is 0 Å². The summed E-state index contributed by atoms with van der Waals surface area (Å²) in [5.74, 6) is 1.60. The lowest BCUT2D eigenvalue weighted by Crippen LogP contribution is -2.28. The molecule has 0 saturated carbocycles. The number of aryl methyl sites for hydroxylation is 2. The number of aromatic hydroxyl groups is 1. The van der Waals surface area contributed by atoms with Crippen molar-refractivity contribution in [2.75, 3.05) is 45.2 Å². The summed E-state index contributed by atoms with van der Waals surface area (Å²) in [6.07, 6.45) is 4.62. The number of nitrogens with one attached hydrogen (secondary N) is 1. The lowest BCUT2D eigenvalue weighted by Gasteiger charge is -2.27. The minimum atomic E-state index is -0.295. The van der Waals surface area contributed by atoms with Crippen molar-refractivity contribution in [1.29, 1.82) is 0 Å². The van der Waals surface area contributed by atoms with E-state index >= 15 is 0 Å². The number of hydrogen-bond acceptors (Lipinski definition) is 5. The third-order valence-corrected chi connectivity index (χ3v) is 7.63. The molecule has 0 saturated heterocycles. The Labute approximate surface area is 226 Å². The van der Waals surface area contributed by atoms with Crippen LogP contribution in [-0.4, -0.2) is 49.9 Å². The van der Waals surface area contributed by atoms with Gasteiger partial charge in [0.2, 0.25) is 0 Å². The fraction of sp³-hybridized carbons (Fsp3) is 0.438. The highest BCUT2D eigenvalue weighted by Crippen LogP contribution is 2.38. The van der Waals surface area contributed by atoms with Gasteiger partial charge in [-0.05, 0) is 104 Å². The molecular weight excluding hydrogens is 479 g/mol. The highest BCUT2D eigenvalue weighted by atomic mass is 19.1. The predicted octanol–water partition coefficient (Wildman–Crippen LogP) is 6.58. The van der Waals surface area contributed by atoms with Crippen molar-refractivity contribution in [3.63, 3.8) is 0 Å². The molecule has 1 aliphatic rings. The maximum atomic E-state index is 14.6. The van der Waals surface area contributed by atoms with E-state index in [9.17, 15) is 9.50 Å². The molecule has 3 aromatic carbocycles. The number of hydrogen-bond donors (Lipinski definition) is 2. The maximum absolute atomic E-state index is 14.6. The smallest absolute Gasteiger partial charge is 0.165 e. The van der Waals surface area contributed by atoms with Crippen LogP contribution in [0.1, 0.15) is 54.9 Å². The van der Waals surface area contributed by atoms with Crippen LogP contribution in [0, 0.1) is 5.82 Å². The average molecular weight is 521 g/mol. The topological polar surface area (TPSA) is 54.0 Å². The summed E-state index contributed by atoms with van der Waals surface area (Å²) in [5.41, 5.74) is 5.92. The second-order valence-electron chi connectivity index (χ2n) is 10.0. The normalized spacial score (nSPS) is 14.8. The van der Waals surface area contributed by atoms with Gasteiger partial charge in [-0.1, -0.05) is 32.0 Å². The number of ether oxygens (including phenoxy) is 2. The molecule has 0 unspecified atom stereocenters. The second-order valence-corrected chi connectivity index (χ2v) is 10.0. The van der Waals surface area contributed by atoms with Crippen molar-refractivity contribution >= 4 is 5.69 Å². The van der Waals surface area contributed by atoms with Gasteiger partial charge < -0.3 is 24.8 Å². The molecule has 1 atom stereocenters. The number of phenols is 1. The highest BCUT2D eigenvalue weighted by molar-refractivity contribution is 5.57. The zero-order chi connectivity index (χ0) is 26.9. The van der Waals surface area contributed by atoms with Crippen molar-refractivity contribution in [2.24, 2.45) is 0 Å². The summed E-state index contributed by atoms with van der Waals surface area (Å²) in [4.78, 5) is 2.26. The molecule has 4 rings (SSSR count). The number of fused-ring (bicyclic) bond motifs is 1. The Balaban J connectivity index is 1.32. The molecule has 0 aliphatic heterocycles. The third-order valence-electron chi connectivity index (χ3n) is 7.63. The first-order valence-electron chi connectivity index (χ1n) is 13.9. The minimum absolute atomic E-state index is 0.295. The van der Waals surface area contributed by atoms with E-state index in [1.807, 2.05) is 24.3 Å². The number of benzene rings is 3. The van der Waals surface area contributed by atoms with Crippen LogP contribution < -0.4 is 14.8 Å². The van der Waals surface area contributed by atoms with E-state index in [1.54, 1.807) is 25.3 Å². The lowest BCUT2D eigenvalue weighted by atomic mass is 9.79. The first kappa shape index (κ1) is 27.8. The first-order chi connectivity index (χ1) is 18.5. The zero-order valence-electron chi connectivity index (χ0n) is 22.9. The number of halogens is 1. The number of nitrogens with zero attached hydrogens (tertiary/aromatic N) is 1. The minimum Gasteiger partial charge on any atom is -0.508 e. The van der Waals surface area contributed by atoms with E-state index in [4.69, 9.17) is 9.47 Å². The molecule has 204 valence electrons. The number of rotatable bonds is 13. The molecule has 6 heteroatoms. The largest absolute Gasteiger partial charge is 0.508 e. The summed E-state index contributed by atoms with van der Waals surface area (Å²) < 4.78 is 25.8. The van der Waals surface area contributed by atoms with Gasteiger partial charge in [0.1, 0.15) is 18.1 Å². The molecule has 1 aliphatic carbocycles. The Kier molecular flexibility index (Phi) is 9.88. The fourth-order valence-electron chi connectivity index (χ4n) is 5.34. The van der Waals surface area contributed by atoms with Gasteiger partial charge in [0.25, 0.3) is 0 Å². The molecule has 0 bridgehead atoms. The number of phenolic OH excluding ortho intramolecular Hbond substituents is 1. The van der Waals surface area contributed by atoms with Crippen LogP contribution >= 0.6 is 0 Å². The molecule has 0 heterocycles. The molecular formula is C32H41FN2O3. The van der Waals surface area contributed by atoms with Gasteiger partial charge in [-0.15, -0.1) is 0 Å². The standard InChI is InChI=1S/C32H41FN2O3/c1-4-35(5-2)17-18-38-32-15-8-23(19-30(32)33)7-6-16-34-31-22-28(37-3)13-14-29(31)26-10-9-25-21-27(36)12-11-24(25)20-26/h8,11-15,19,21-22,26,34,36H,4-7,9-10,16-18,20H2,1-3H3/t26-/m1/s1. The van der Waals surface area contributed by atoms with Crippen LogP contribution in [0.2, 0.25) is 0 Å². The van der Waals surface area contributed by atoms with E-state index in [2.05, 4.69) is 36.2 Å². The van der Waals surface area contributed by atoms with Crippen LogP contribution in [0.4, 0.5) is 10.1 Å². The van der Waals surface area contributed by atoms with E-state index in [0.29, 0.717) is 24.0 Å². The van der Waals surface area contributed by atoms with Gasteiger partial charge in [-0.25, -0.2) is 4.39 Å². The Morgan fingerprint density at radius 3 is 2.63 bits per heavy atom. The second kappa shape index (κ2) is 13.5. The molecule has 2 N–H and O–H groups in total. The molecule has 5 nitrogen and oxygen atoms in total. The average Bonchev–Trinajstić information content (AvgIpc) is 2.94. The van der Waals surface area contributed by atoms with Crippen molar-refractivity contribution in [2.45, 2.75) is 51.9 Å².